The molecule has 3 rings (SSSR count). The summed E-state index contributed by atoms with van der Waals surface area (Å²) in [7, 11) is -2.12. The molecule has 1 N–H and O–H groups in total. The van der Waals surface area contributed by atoms with Crippen LogP contribution in [0.4, 0.5) is 5.69 Å². The highest BCUT2D eigenvalue weighted by molar-refractivity contribution is 7.94. The summed E-state index contributed by atoms with van der Waals surface area (Å²) in [5.74, 6) is 0.127. The number of fused-ring (bicyclic) bond motifs is 1. The Hall–Kier alpha value is -1.56. The third kappa shape index (κ3) is 1.52. The van der Waals surface area contributed by atoms with Crippen LogP contribution in [-0.2, 0) is 14.6 Å². The standard InChI is InChI=1S/C13H15NO4S/c1-18-9-4-5-11-10(8-9)14-12(15)13(19(11,16)17)6-2-3-7-13/h4-5,8H,2-3,6-7H2,1H3,(H,14,15). The number of nitrogens with one attached hydrogen (secondary N) is 1. The van der Waals surface area contributed by atoms with Crippen molar-refractivity contribution in [1.82, 2.24) is 0 Å². The lowest BCUT2D eigenvalue weighted by molar-refractivity contribution is -0.118. The van der Waals surface area contributed by atoms with E-state index in [4.69, 9.17) is 4.74 Å². The second-order valence-corrected chi connectivity index (χ2v) is 7.25. The maximum absolute atomic E-state index is 12.7. The number of methoxy groups -OCH3 is 1. The van der Waals surface area contributed by atoms with Crippen molar-refractivity contribution in [2.24, 2.45) is 0 Å². The van der Waals surface area contributed by atoms with Gasteiger partial charge in [0, 0.05) is 6.07 Å². The fourth-order valence-electron chi connectivity index (χ4n) is 2.98. The van der Waals surface area contributed by atoms with Crippen molar-refractivity contribution in [2.75, 3.05) is 12.4 Å². The van der Waals surface area contributed by atoms with Gasteiger partial charge in [0.1, 0.15) is 5.75 Å². The van der Waals surface area contributed by atoms with Gasteiger partial charge in [0.25, 0.3) is 0 Å². The molecule has 1 spiro atoms. The van der Waals surface area contributed by atoms with Crippen LogP contribution in [0.5, 0.6) is 5.75 Å². The summed E-state index contributed by atoms with van der Waals surface area (Å²) in [5, 5.41) is 2.72. The third-order valence-electron chi connectivity index (χ3n) is 4.06. The summed E-state index contributed by atoms with van der Waals surface area (Å²) in [5.41, 5.74) is 0.321. The highest BCUT2D eigenvalue weighted by atomic mass is 32.2. The van der Waals surface area contributed by atoms with E-state index < -0.39 is 20.5 Å². The first-order chi connectivity index (χ1) is 9.01. The number of carbonyl (C=O) groups excluding carboxylic acids is 1. The highest BCUT2D eigenvalue weighted by Gasteiger charge is 2.56. The Bertz CT molecular complexity index is 645. The van der Waals surface area contributed by atoms with Crippen LogP contribution in [0, 0.1) is 0 Å². The fraction of sp³-hybridized carbons (Fsp3) is 0.462. The van der Waals surface area contributed by atoms with Gasteiger partial charge >= 0.3 is 0 Å². The van der Waals surface area contributed by atoms with Crippen molar-refractivity contribution in [3.05, 3.63) is 18.2 Å². The van der Waals surface area contributed by atoms with Crippen molar-refractivity contribution < 1.29 is 17.9 Å². The molecule has 1 aromatic carbocycles. The number of hydrogen-bond acceptors (Lipinski definition) is 4. The Morgan fingerprint density at radius 1 is 1.26 bits per heavy atom. The van der Waals surface area contributed by atoms with Gasteiger partial charge < -0.3 is 10.1 Å². The Balaban J connectivity index is 2.21. The zero-order chi connectivity index (χ0) is 13.7. The molecule has 0 bridgehead atoms. The summed E-state index contributed by atoms with van der Waals surface area (Å²) >= 11 is 0. The molecule has 1 amide bonds. The molecule has 1 saturated carbocycles. The third-order valence-corrected chi connectivity index (χ3v) is 6.62. The van der Waals surface area contributed by atoms with E-state index in [1.54, 1.807) is 12.1 Å². The summed E-state index contributed by atoms with van der Waals surface area (Å²) in [6.07, 6.45) is 2.37. The van der Waals surface area contributed by atoms with E-state index in [-0.39, 0.29) is 4.90 Å². The molecule has 2 aliphatic rings. The van der Waals surface area contributed by atoms with E-state index in [0.29, 0.717) is 24.3 Å². The minimum absolute atomic E-state index is 0.204. The van der Waals surface area contributed by atoms with Crippen LogP contribution in [0.1, 0.15) is 25.7 Å². The maximum Gasteiger partial charge on any atom is 0.246 e. The van der Waals surface area contributed by atoms with E-state index in [1.807, 2.05) is 0 Å². The Kier molecular flexibility index (Phi) is 2.60. The number of hydrogen-bond donors (Lipinski definition) is 1. The molecule has 0 atom stereocenters. The number of rotatable bonds is 1. The van der Waals surface area contributed by atoms with Crippen LogP contribution in [-0.4, -0.2) is 26.2 Å². The highest BCUT2D eigenvalue weighted by Crippen LogP contribution is 2.46. The van der Waals surface area contributed by atoms with Gasteiger partial charge in [-0.05, 0) is 25.0 Å². The lowest BCUT2D eigenvalue weighted by atomic mass is 10.1. The monoisotopic (exact) mass is 281 g/mol. The van der Waals surface area contributed by atoms with Crippen LogP contribution < -0.4 is 10.1 Å². The number of benzene rings is 1. The zero-order valence-electron chi connectivity index (χ0n) is 10.6. The normalized spacial score (nSPS) is 22.9. The minimum Gasteiger partial charge on any atom is -0.497 e. The van der Waals surface area contributed by atoms with Gasteiger partial charge in [0.05, 0.1) is 17.7 Å². The van der Waals surface area contributed by atoms with Crippen molar-refractivity contribution in [3.63, 3.8) is 0 Å². The lowest BCUT2D eigenvalue weighted by Gasteiger charge is -2.33. The summed E-state index contributed by atoms with van der Waals surface area (Å²) in [4.78, 5) is 12.5. The smallest absolute Gasteiger partial charge is 0.246 e. The first kappa shape index (κ1) is 12.5. The Morgan fingerprint density at radius 3 is 2.58 bits per heavy atom. The van der Waals surface area contributed by atoms with E-state index >= 15 is 0 Å². The molecule has 1 aromatic rings. The molecule has 1 aliphatic carbocycles. The first-order valence-corrected chi connectivity index (χ1v) is 7.74. The van der Waals surface area contributed by atoms with Gasteiger partial charge in [-0.2, -0.15) is 0 Å². The van der Waals surface area contributed by atoms with E-state index in [1.165, 1.54) is 13.2 Å². The number of anilines is 1. The molecule has 0 aromatic heterocycles. The van der Waals surface area contributed by atoms with Crippen molar-refractivity contribution in [2.45, 2.75) is 35.3 Å². The SMILES string of the molecule is COc1ccc2c(c1)NC(=O)C1(CCCC1)S2(=O)=O. The average Bonchev–Trinajstić information content (AvgIpc) is 2.88. The van der Waals surface area contributed by atoms with E-state index in [9.17, 15) is 13.2 Å². The number of ether oxygens (including phenoxy) is 1. The summed E-state index contributed by atoms with van der Waals surface area (Å²) < 4.78 is 29.3. The molecule has 1 fully saturated rings. The topological polar surface area (TPSA) is 72.5 Å². The zero-order valence-corrected chi connectivity index (χ0v) is 11.4. The number of sulfone groups is 1. The van der Waals surface area contributed by atoms with Crippen LogP contribution in [0.3, 0.4) is 0 Å². The van der Waals surface area contributed by atoms with Gasteiger partial charge in [-0.25, -0.2) is 8.42 Å². The van der Waals surface area contributed by atoms with Crippen LogP contribution in [0.15, 0.2) is 23.1 Å². The van der Waals surface area contributed by atoms with Crippen molar-refractivity contribution in [3.8, 4) is 5.75 Å². The van der Waals surface area contributed by atoms with Gasteiger partial charge in [-0.1, -0.05) is 12.8 Å². The molecule has 0 radical (unpaired) electrons. The molecule has 0 unspecified atom stereocenters. The molecule has 6 heteroatoms. The predicted octanol–water partition coefficient (Wildman–Crippen LogP) is 1.73. The molecular formula is C13H15NO4S. The van der Waals surface area contributed by atoms with E-state index in [2.05, 4.69) is 5.32 Å². The van der Waals surface area contributed by atoms with Crippen LogP contribution in [0.25, 0.3) is 0 Å². The molecule has 1 heterocycles. The molecule has 19 heavy (non-hydrogen) atoms. The second-order valence-electron chi connectivity index (χ2n) is 5.02. The molecule has 102 valence electrons. The van der Waals surface area contributed by atoms with Gasteiger partial charge in [-0.15, -0.1) is 0 Å². The van der Waals surface area contributed by atoms with Gasteiger partial charge in [0.15, 0.2) is 14.6 Å². The van der Waals surface area contributed by atoms with Gasteiger partial charge in [-0.3, -0.25) is 4.79 Å². The number of carbonyl (C=O) groups is 1. The van der Waals surface area contributed by atoms with Crippen LogP contribution >= 0.6 is 0 Å². The quantitative estimate of drug-likeness (QED) is 0.851. The largest absolute Gasteiger partial charge is 0.497 e. The number of amides is 1. The summed E-state index contributed by atoms with van der Waals surface area (Å²) in [6.45, 7) is 0. The fourth-order valence-corrected chi connectivity index (χ4v) is 5.17. The van der Waals surface area contributed by atoms with Crippen molar-refractivity contribution in [1.29, 1.82) is 0 Å². The van der Waals surface area contributed by atoms with Crippen LogP contribution in [0.2, 0.25) is 0 Å². The molecule has 5 nitrogen and oxygen atoms in total. The molecular weight excluding hydrogens is 266 g/mol. The van der Waals surface area contributed by atoms with Gasteiger partial charge in [0.2, 0.25) is 5.91 Å². The predicted molar refractivity (Wildman–Crippen MR) is 70.0 cm³/mol. The lowest BCUT2D eigenvalue weighted by Crippen LogP contribution is -2.50. The Labute approximate surface area is 111 Å². The average molecular weight is 281 g/mol. The Morgan fingerprint density at radius 2 is 1.95 bits per heavy atom. The summed E-state index contributed by atoms with van der Waals surface area (Å²) in [6, 6.07) is 4.67. The molecule has 0 saturated heterocycles. The van der Waals surface area contributed by atoms with Crippen molar-refractivity contribution >= 4 is 21.4 Å². The van der Waals surface area contributed by atoms with E-state index in [0.717, 1.165) is 12.8 Å². The first-order valence-electron chi connectivity index (χ1n) is 6.25. The maximum atomic E-state index is 12.7. The second kappa shape index (κ2) is 3.96. The minimum atomic E-state index is -3.62. The molecule has 1 aliphatic heterocycles.